The average molecular weight is 1140 g/mol. The fourth-order valence-corrected chi connectivity index (χ4v) is 11.3. The molecule has 0 aliphatic rings. The van der Waals surface area contributed by atoms with Crippen LogP contribution in [0.5, 0.6) is 0 Å². The molecule has 81 heavy (non-hydrogen) atoms. The molecule has 0 aliphatic heterocycles. The van der Waals surface area contributed by atoms with Gasteiger partial charge in [0.25, 0.3) is 0 Å². The van der Waals surface area contributed by atoms with Crippen LogP contribution in [0, 0.1) is 0 Å². The number of nitrogens with one attached hydrogen (secondary N) is 1. The minimum atomic E-state index is -0.846. The van der Waals surface area contributed by atoms with Gasteiger partial charge in [-0.05, 0) is 89.9 Å². The largest absolute Gasteiger partial charge is 0.466 e. The third kappa shape index (κ3) is 66.8. The minimum absolute atomic E-state index is 0.00905. The number of ether oxygens (including phenoxy) is 1. The lowest BCUT2D eigenvalue weighted by Crippen LogP contribution is -2.45. The van der Waals surface area contributed by atoms with Gasteiger partial charge in [-0.3, -0.25) is 9.59 Å². The maximum absolute atomic E-state index is 12.5. The molecule has 0 heterocycles. The van der Waals surface area contributed by atoms with Crippen LogP contribution < -0.4 is 5.32 Å². The fourth-order valence-electron chi connectivity index (χ4n) is 11.3. The van der Waals surface area contributed by atoms with Gasteiger partial charge < -0.3 is 20.3 Å². The maximum atomic E-state index is 12.5. The molecule has 2 atom stereocenters. The van der Waals surface area contributed by atoms with Gasteiger partial charge in [0.15, 0.2) is 0 Å². The molecule has 0 aliphatic carbocycles. The third-order valence-corrected chi connectivity index (χ3v) is 16.8. The quantitative estimate of drug-likeness (QED) is 0.0320. The molecule has 0 aromatic heterocycles. The fraction of sp³-hybridized carbons (Fsp3) is 0.867. The first-order chi connectivity index (χ1) is 40.0. The summed E-state index contributed by atoms with van der Waals surface area (Å²) in [4.78, 5) is 24.6. The van der Waals surface area contributed by atoms with Crippen LogP contribution in [0.25, 0.3) is 0 Å². The standard InChI is InChI=1S/C75H141NO5/c1-3-5-7-9-11-13-15-17-19-21-37-41-45-49-53-57-61-65-69-75(80)81-70-66-62-58-54-50-46-42-38-34-32-30-28-26-24-22-23-25-27-29-31-33-36-40-44-48-52-56-60-64-68-74(79)76-72(71-77)73(78)67-63-59-55-51-47-43-39-35-20-18-16-14-12-10-8-6-4-2/h19,21-22,24,28,30,63,67,72-73,77-78H,3-18,20,23,25-27,29,31-62,64-66,68-71H2,1-2H3,(H,76,79)/b21-19-,24-22-,30-28-,67-63+. The molecule has 1 amide bonds. The van der Waals surface area contributed by atoms with Gasteiger partial charge in [0.2, 0.25) is 5.91 Å². The van der Waals surface area contributed by atoms with E-state index in [1.165, 1.54) is 315 Å². The second kappa shape index (κ2) is 70.3. The smallest absolute Gasteiger partial charge is 0.305 e. The van der Waals surface area contributed by atoms with Gasteiger partial charge >= 0.3 is 5.97 Å². The lowest BCUT2D eigenvalue weighted by molar-refractivity contribution is -0.143. The number of carbonyl (C=O) groups excluding carboxylic acids is 2. The second-order valence-corrected chi connectivity index (χ2v) is 24.9. The lowest BCUT2D eigenvalue weighted by Gasteiger charge is -2.20. The number of hydrogen-bond donors (Lipinski definition) is 3. The predicted molar refractivity (Wildman–Crippen MR) is 356 cm³/mol. The van der Waals surface area contributed by atoms with Crippen molar-refractivity contribution in [2.45, 2.75) is 405 Å². The van der Waals surface area contributed by atoms with Crippen molar-refractivity contribution in [2.24, 2.45) is 0 Å². The summed E-state index contributed by atoms with van der Waals surface area (Å²) in [5.74, 6) is -0.0576. The van der Waals surface area contributed by atoms with Crippen molar-refractivity contribution in [1.29, 1.82) is 0 Å². The number of unbranched alkanes of at least 4 members (excludes halogenated alkanes) is 51. The molecule has 0 aromatic carbocycles. The summed E-state index contributed by atoms with van der Waals surface area (Å²) in [7, 11) is 0. The Labute approximate surface area is 506 Å². The van der Waals surface area contributed by atoms with Gasteiger partial charge in [-0.25, -0.2) is 0 Å². The monoisotopic (exact) mass is 1140 g/mol. The van der Waals surface area contributed by atoms with Crippen LogP contribution in [0.15, 0.2) is 48.6 Å². The highest BCUT2D eigenvalue weighted by Crippen LogP contribution is 2.18. The zero-order chi connectivity index (χ0) is 58.5. The molecular weight excluding hydrogens is 995 g/mol. The number of amides is 1. The van der Waals surface area contributed by atoms with E-state index >= 15 is 0 Å². The van der Waals surface area contributed by atoms with Crippen LogP contribution in [0.2, 0.25) is 0 Å². The first-order valence-corrected chi connectivity index (χ1v) is 36.4. The zero-order valence-corrected chi connectivity index (χ0v) is 54.5. The molecule has 2 unspecified atom stereocenters. The number of hydrogen-bond acceptors (Lipinski definition) is 5. The van der Waals surface area contributed by atoms with Crippen molar-refractivity contribution in [3.63, 3.8) is 0 Å². The van der Waals surface area contributed by atoms with E-state index in [0.717, 1.165) is 51.4 Å². The highest BCUT2D eigenvalue weighted by molar-refractivity contribution is 5.76. The summed E-state index contributed by atoms with van der Waals surface area (Å²) in [5.41, 5.74) is 0. The highest BCUT2D eigenvalue weighted by atomic mass is 16.5. The SMILES string of the molecule is CCCCCCCCC/C=C\CCCCCCCCCC(=O)OCCCCCCCCCCC/C=C\C/C=C\CCCCCCCCCCCCCCCC(=O)NC(CO)C(O)/C=C/CCCCCCCCCCCCCCCCC. The van der Waals surface area contributed by atoms with Crippen molar-refractivity contribution in [1.82, 2.24) is 5.32 Å². The zero-order valence-electron chi connectivity index (χ0n) is 54.5. The molecule has 6 nitrogen and oxygen atoms in total. The summed E-state index contributed by atoms with van der Waals surface area (Å²) in [5, 5.41) is 23.2. The van der Waals surface area contributed by atoms with E-state index < -0.39 is 12.1 Å². The number of allylic oxidation sites excluding steroid dienone is 7. The molecule has 6 heteroatoms. The van der Waals surface area contributed by atoms with Gasteiger partial charge in [-0.2, -0.15) is 0 Å². The van der Waals surface area contributed by atoms with Crippen molar-refractivity contribution in [3.8, 4) is 0 Å². The summed E-state index contributed by atoms with van der Waals surface area (Å²) >= 11 is 0. The van der Waals surface area contributed by atoms with Crippen LogP contribution in [0.3, 0.4) is 0 Å². The molecule has 476 valence electrons. The Morgan fingerprint density at radius 2 is 0.617 bits per heavy atom. The van der Waals surface area contributed by atoms with E-state index in [0.29, 0.717) is 19.4 Å². The Morgan fingerprint density at radius 3 is 0.951 bits per heavy atom. The number of esters is 1. The lowest BCUT2D eigenvalue weighted by atomic mass is 10.0. The molecule has 0 aromatic rings. The second-order valence-electron chi connectivity index (χ2n) is 24.9. The minimum Gasteiger partial charge on any atom is -0.466 e. The Kier molecular flexibility index (Phi) is 68.4. The molecule has 0 bridgehead atoms. The number of carbonyl (C=O) groups is 2. The molecule has 3 N–H and O–H groups in total. The van der Waals surface area contributed by atoms with E-state index in [1.54, 1.807) is 6.08 Å². The third-order valence-electron chi connectivity index (χ3n) is 16.8. The van der Waals surface area contributed by atoms with Gasteiger partial charge in [0.1, 0.15) is 0 Å². The van der Waals surface area contributed by atoms with Crippen LogP contribution in [-0.2, 0) is 14.3 Å². The van der Waals surface area contributed by atoms with E-state index in [-0.39, 0.29) is 18.5 Å². The van der Waals surface area contributed by atoms with Crippen LogP contribution in [0.4, 0.5) is 0 Å². The number of rotatable bonds is 68. The Morgan fingerprint density at radius 1 is 0.346 bits per heavy atom. The summed E-state index contributed by atoms with van der Waals surface area (Å²) < 4.78 is 5.50. The molecular formula is C75H141NO5. The topological polar surface area (TPSA) is 95.9 Å². The highest BCUT2D eigenvalue weighted by Gasteiger charge is 2.18. The van der Waals surface area contributed by atoms with E-state index in [2.05, 4.69) is 55.6 Å². The Balaban J connectivity index is 3.42. The van der Waals surface area contributed by atoms with Crippen LogP contribution >= 0.6 is 0 Å². The van der Waals surface area contributed by atoms with Gasteiger partial charge in [0.05, 0.1) is 25.4 Å². The average Bonchev–Trinajstić information content (AvgIpc) is 3.47. The number of aliphatic hydroxyl groups is 2. The van der Waals surface area contributed by atoms with E-state index in [4.69, 9.17) is 4.74 Å². The van der Waals surface area contributed by atoms with Crippen molar-refractivity contribution < 1.29 is 24.5 Å². The van der Waals surface area contributed by atoms with Crippen molar-refractivity contribution >= 4 is 11.9 Å². The molecule has 0 spiro atoms. The Hall–Kier alpha value is -2.18. The Bertz CT molecular complexity index is 1360. The van der Waals surface area contributed by atoms with Gasteiger partial charge in [-0.1, -0.05) is 339 Å². The normalized spacial score (nSPS) is 12.8. The van der Waals surface area contributed by atoms with Crippen molar-refractivity contribution in [3.05, 3.63) is 48.6 Å². The predicted octanol–water partition coefficient (Wildman–Crippen LogP) is 23.6. The molecule has 0 rings (SSSR count). The molecule has 0 saturated carbocycles. The molecule has 0 fully saturated rings. The van der Waals surface area contributed by atoms with Gasteiger partial charge in [-0.15, -0.1) is 0 Å². The molecule has 0 radical (unpaired) electrons. The van der Waals surface area contributed by atoms with Crippen LogP contribution in [0.1, 0.15) is 393 Å². The summed E-state index contributed by atoms with van der Waals surface area (Å²) in [6.07, 6.45) is 92.0. The summed E-state index contributed by atoms with van der Waals surface area (Å²) in [6.45, 7) is 4.93. The first kappa shape index (κ1) is 78.8. The number of aliphatic hydroxyl groups excluding tert-OH is 2. The van der Waals surface area contributed by atoms with Crippen molar-refractivity contribution in [2.75, 3.05) is 13.2 Å². The maximum Gasteiger partial charge on any atom is 0.305 e. The van der Waals surface area contributed by atoms with Gasteiger partial charge in [0, 0.05) is 12.8 Å². The van der Waals surface area contributed by atoms with E-state index in [1.807, 2.05) is 6.08 Å². The van der Waals surface area contributed by atoms with E-state index in [9.17, 15) is 19.8 Å². The molecule has 0 saturated heterocycles. The van der Waals surface area contributed by atoms with Crippen LogP contribution in [-0.4, -0.2) is 47.4 Å². The summed E-state index contributed by atoms with van der Waals surface area (Å²) in [6, 6.07) is -0.630. The first-order valence-electron chi connectivity index (χ1n) is 36.4.